The predicted octanol–water partition coefficient (Wildman–Crippen LogP) is 4.05. The fourth-order valence-electron chi connectivity index (χ4n) is 2.98. The van der Waals surface area contributed by atoms with Crippen molar-refractivity contribution >= 4 is 17.7 Å². The average molecular weight is 352 g/mol. The molecule has 0 atom stereocenters. The first-order valence-electron chi connectivity index (χ1n) is 8.79. The molecule has 1 heterocycles. The number of anilines is 1. The normalized spacial score (nSPS) is 14.0. The Hall–Kier alpha value is -2.82. The van der Waals surface area contributed by atoms with Gasteiger partial charge in [-0.1, -0.05) is 30.3 Å². The lowest BCUT2D eigenvalue weighted by Crippen LogP contribution is -2.42. The van der Waals surface area contributed by atoms with Gasteiger partial charge in [-0.25, -0.2) is 4.79 Å². The Morgan fingerprint density at radius 1 is 1.12 bits per heavy atom. The van der Waals surface area contributed by atoms with Gasteiger partial charge in [0.1, 0.15) is 5.75 Å². The van der Waals surface area contributed by atoms with Crippen LogP contribution in [0.1, 0.15) is 38.3 Å². The number of benzene rings is 2. The maximum Gasteiger partial charge on any atom is 0.413 e. The molecule has 0 bridgehead atoms. The molecule has 0 spiro atoms. The van der Waals surface area contributed by atoms with Crippen molar-refractivity contribution < 1.29 is 14.3 Å². The Bertz CT molecular complexity index is 810. The van der Waals surface area contributed by atoms with E-state index in [2.05, 4.69) is 5.32 Å². The zero-order valence-electron chi connectivity index (χ0n) is 15.4. The van der Waals surface area contributed by atoms with Crippen LogP contribution in [0.25, 0.3) is 0 Å². The predicted molar refractivity (Wildman–Crippen MR) is 101 cm³/mol. The zero-order chi connectivity index (χ0) is 18.7. The zero-order valence-corrected chi connectivity index (χ0v) is 15.4. The van der Waals surface area contributed by atoms with E-state index in [4.69, 9.17) is 4.74 Å². The molecule has 2 aromatic rings. The summed E-state index contributed by atoms with van der Waals surface area (Å²) in [5.74, 6) is 0.597. The first kappa shape index (κ1) is 18.0. The van der Waals surface area contributed by atoms with Crippen LogP contribution in [0.15, 0.2) is 48.5 Å². The lowest BCUT2D eigenvalue weighted by molar-refractivity contribution is -0.119. The van der Waals surface area contributed by atoms with Gasteiger partial charge < -0.3 is 15.0 Å². The molecule has 3 rings (SSSR count). The Morgan fingerprint density at radius 3 is 2.54 bits per heavy atom. The molecule has 1 aliphatic rings. The van der Waals surface area contributed by atoms with Crippen molar-refractivity contribution in [1.82, 2.24) is 5.32 Å². The highest BCUT2D eigenvalue weighted by Crippen LogP contribution is 2.32. The van der Waals surface area contributed by atoms with Crippen LogP contribution in [0.3, 0.4) is 0 Å². The third kappa shape index (κ3) is 4.42. The van der Waals surface area contributed by atoms with E-state index in [-0.39, 0.29) is 11.4 Å². The van der Waals surface area contributed by atoms with Gasteiger partial charge in [0.2, 0.25) is 5.91 Å². The van der Waals surface area contributed by atoms with Crippen LogP contribution in [0.4, 0.5) is 10.5 Å². The number of nitrogens with one attached hydrogen (secondary N) is 1. The number of amides is 2. The van der Waals surface area contributed by atoms with Gasteiger partial charge in [0.25, 0.3) is 0 Å². The number of carbonyl (C=O) groups is 2. The highest BCUT2D eigenvalue weighted by molar-refractivity contribution is 5.96. The third-order valence-corrected chi connectivity index (χ3v) is 4.12. The van der Waals surface area contributed by atoms with Gasteiger partial charge in [0, 0.05) is 17.6 Å². The van der Waals surface area contributed by atoms with Crippen LogP contribution in [0.2, 0.25) is 0 Å². The molecule has 2 amide bonds. The number of hydrogen-bond donors (Lipinski definition) is 1. The van der Waals surface area contributed by atoms with Gasteiger partial charge in [-0.05, 0) is 56.5 Å². The standard InChI is InChI=1S/C21H24N2O3/c1-21(2,3)22-20(25)26-17-10-11-18-16(13-17)9-12-19(24)23(18)14-15-7-5-4-6-8-15/h4-8,10-11,13H,9,12,14H2,1-3H3,(H,22,25). The number of rotatable bonds is 3. The van der Waals surface area contributed by atoms with Crippen molar-refractivity contribution in [3.63, 3.8) is 0 Å². The summed E-state index contributed by atoms with van der Waals surface area (Å²) >= 11 is 0. The van der Waals surface area contributed by atoms with E-state index >= 15 is 0 Å². The van der Waals surface area contributed by atoms with Gasteiger partial charge in [-0.3, -0.25) is 4.79 Å². The summed E-state index contributed by atoms with van der Waals surface area (Å²) < 4.78 is 5.38. The van der Waals surface area contributed by atoms with E-state index in [9.17, 15) is 9.59 Å². The summed E-state index contributed by atoms with van der Waals surface area (Å²) in [6.07, 6.45) is 0.625. The van der Waals surface area contributed by atoms with E-state index in [1.54, 1.807) is 11.0 Å². The molecule has 2 aromatic carbocycles. The number of fused-ring (bicyclic) bond motifs is 1. The molecule has 0 fully saturated rings. The molecule has 26 heavy (non-hydrogen) atoms. The van der Waals surface area contributed by atoms with Crippen molar-refractivity contribution in [2.75, 3.05) is 4.90 Å². The monoisotopic (exact) mass is 352 g/mol. The van der Waals surface area contributed by atoms with E-state index < -0.39 is 6.09 Å². The number of hydrogen-bond acceptors (Lipinski definition) is 3. The molecule has 136 valence electrons. The maximum absolute atomic E-state index is 12.4. The number of carbonyl (C=O) groups excluding carboxylic acids is 2. The van der Waals surface area contributed by atoms with E-state index in [0.717, 1.165) is 16.8 Å². The van der Waals surface area contributed by atoms with Crippen LogP contribution >= 0.6 is 0 Å². The van der Waals surface area contributed by atoms with Crippen LogP contribution in [0, 0.1) is 0 Å². The number of aryl methyl sites for hydroxylation is 1. The van der Waals surface area contributed by atoms with Crippen molar-refractivity contribution in [3.05, 3.63) is 59.7 Å². The van der Waals surface area contributed by atoms with Gasteiger partial charge in [-0.15, -0.1) is 0 Å². The minimum Gasteiger partial charge on any atom is -0.410 e. The molecule has 5 heteroatoms. The Kier molecular flexibility index (Phi) is 4.98. The third-order valence-electron chi connectivity index (χ3n) is 4.12. The van der Waals surface area contributed by atoms with Crippen molar-refractivity contribution in [2.24, 2.45) is 0 Å². The summed E-state index contributed by atoms with van der Waals surface area (Å²) in [5.41, 5.74) is 2.62. The second-order valence-corrected chi connectivity index (χ2v) is 7.52. The molecule has 0 saturated carbocycles. The summed E-state index contributed by atoms with van der Waals surface area (Å²) in [6, 6.07) is 15.4. The van der Waals surface area contributed by atoms with Gasteiger partial charge in [0.15, 0.2) is 0 Å². The average Bonchev–Trinajstić information content (AvgIpc) is 2.56. The molecule has 1 N–H and O–H groups in total. The minimum absolute atomic E-state index is 0.112. The highest BCUT2D eigenvalue weighted by atomic mass is 16.6. The van der Waals surface area contributed by atoms with Gasteiger partial charge in [0.05, 0.1) is 6.54 Å². The molecular formula is C21H24N2O3. The number of nitrogens with zero attached hydrogens (tertiary/aromatic N) is 1. The molecule has 5 nitrogen and oxygen atoms in total. The van der Waals surface area contributed by atoms with E-state index in [1.807, 2.05) is 63.2 Å². The second-order valence-electron chi connectivity index (χ2n) is 7.52. The molecule has 0 aliphatic carbocycles. The summed E-state index contributed by atoms with van der Waals surface area (Å²) in [6.45, 7) is 6.23. The van der Waals surface area contributed by atoms with Crippen molar-refractivity contribution in [1.29, 1.82) is 0 Å². The van der Waals surface area contributed by atoms with Crippen LogP contribution < -0.4 is 15.0 Å². The SMILES string of the molecule is CC(C)(C)NC(=O)Oc1ccc2c(c1)CCC(=O)N2Cc1ccccc1. The minimum atomic E-state index is -0.481. The van der Waals surface area contributed by atoms with Crippen LogP contribution in [-0.4, -0.2) is 17.5 Å². The van der Waals surface area contributed by atoms with E-state index in [1.165, 1.54) is 0 Å². The largest absolute Gasteiger partial charge is 0.413 e. The molecular weight excluding hydrogens is 328 g/mol. The van der Waals surface area contributed by atoms with Gasteiger partial charge in [-0.2, -0.15) is 0 Å². The second kappa shape index (κ2) is 7.20. The molecule has 0 saturated heterocycles. The number of ether oxygens (including phenoxy) is 1. The molecule has 0 aromatic heterocycles. The maximum atomic E-state index is 12.4. The van der Waals surface area contributed by atoms with E-state index in [0.29, 0.717) is 25.1 Å². The lowest BCUT2D eigenvalue weighted by atomic mass is 10.00. The molecule has 0 unspecified atom stereocenters. The molecule has 1 aliphatic heterocycles. The fourth-order valence-corrected chi connectivity index (χ4v) is 2.98. The molecule has 0 radical (unpaired) electrons. The fraction of sp³-hybridized carbons (Fsp3) is 0.333. The summed E-state index contributed by atoms with van der Waals surface area (Å²) in [4.78, 5) is 26.2. The Balaban J connectivity index is 1.78. The topological polar surface area (TPSA) is 58.6 Å². The van der Waals surface area contributed by atoms with Crippen LogP contribution in [0.5, 0.6) is 5.75 Å². The van der Waals surface area contributed by atoms with Gasteiger partial charge >= 0.3 is 6.09 Å². The Morgan fingerprint density at radius 2 is 1.85 bits per heavy atom. The lowest BCUT2D eigenvalue weighted by Gasteiger charge is -2.30. The van der Waals surface area contributed by atoms with Crippen molar-refractivity contribution in [2.45, 2.75) is 45.7 Å². The Labute approximate surface area is 154 Å². The van der Waals surface area contributed by atoms with Crippen LogP contribution in [-0.2, 0) is 17.8 Å². The smallest absolute Gasteiger partial charge is 0.410 e. The van der Waals surface area contributed by atoms with Crippen molar-refractivity contribution in [3.8, 4) is 5.75 Å². The first-order chi connectivity index (χ1) is 12.3. The quantitative estimate of drug-likeness (QED) is 0.906. The summed E-state index contributed by atoms with van der Waals surface area (Å²) in [7, 11) is 0. The highest BCUT2D eigenvalue weighted by Gasteiger charge is 2.25. The summed E-state index contributed by atoms with van der Waals surface area (Å²) in [5, 5.41) is 2.77. The first-order valence-corrected chi connectivity index (χ1v) is 8.79.